The van der Waals surface area contributed by atoms with Crippen LogP contribution in [0.2, 0.25) is 0 Å². The maximum Gasteiger partial charge on any atom is 0.237 e. The molecule has 0 aliphatic heterocycles. The Morgan fingerprint density at radius 2 is 2.22 bits per heavy atom. The van der Waals surface area contributed by atoms with Crippen molar-refractivity contribution in [2.45, 2.75) is 45.7 Å². The molecule has 2 atom stereocenters. The van der Waals surface area contributed by atoms with E-state index < -0.39 is 6.04 Å². The Hall–Kier alpha value is -1.07. The van der Waals surface area contributed by atoms with Crippen molar-refractivity contribution in [3.05, 3.63) is 17.5 Å². The number of amides is 1. The molecule has 0 bridgehead atoms. The summed E-state index contributed by atoms with van der Waals surface area (Å²) < 4.78 is 1.80. The minimum atomic E-state index is -0.417. The highest BCUT2D eigenvalue weighted by atomic mass is 35.5. The number of halogens is 1. The smallest absolute Gasteiger partial charge is 0.237 e. The highest BCUT2D eigenvalue weighted by molar-refractivity contribution is 5.85. The normalized spacial score (nSPS) is 13.6. The molecule has 0 fully saturated rings. The molecule has 5 nitrogen and oxygen atoms in total. The van der Waals surface area contributed by atoms with Crippen LogP contribution in [0, 0.1) is 6.92 Å². The molecule has 0 saturated heterocycles. The molecule has 1 aromatic rings. The highest BCUT2D eigenvalue weighted by Crippen LogP contribution is 2.16. The molecule has 0 aliphatic rings. The number of aryl methyl sites for hydroxylation is 1. The summed E-state index contributed by atoms with van der Waals surface area (Å²) in [5, 5.41) is 7.08. The number of nitrogens with zero attached hydrogens (tertiary/aromatic N) is 2. The third kappa shape index (κ3) is 3.99. The lowest BCUT2D eigenvalue weighted by atomic mass is 10.1. The minimum absolute atomic E-state index is 0. The van der Waals surface area contributed by atoms with Crippen LogP contribution in [0.15, 0.2) is 6.20 Å². The number of aromatic nitrogens is 2. The third-order valence-electron chi connectivity index (χ3n) is 3.03. The van der Waals surface area contributed by atoms with Crippen LogP contribution in [-0.4, -0.2) is 21.7 Å². The first-order chi connectivity index (χ1) is 7.97. The first-order valence-corrected chi connectivity index (χ1v) is 6.01. The van der Waals surface area contributed by atoms with E-state index in [1.807, 2.05) is 27.8 Å². The van der Waals surface area contributed by atoms with Gasteiger partial charge in [-0.25, -0.2) is 0 Å². The van der Waals surface area contributed by atoms with Gasteiger partial charge in [0.15, 0.2) is 0 Å². The van der Waals surface area contributed by atoms with E-state index in [1.165, 1.54) is 0 Å². The number of nitrogens with one attached hydrogen (secondary N) is 1. The van der Waals surface area contributed by atoms with Gasteiger partial charge in [-0.1, -0.05) is 13.3 Å². The van der Waals surface area contributed by atoms with Gasteiger partial charge in [0.05, 0.1) is 18.3 Å². The van der Waals surface area contributed by atoms with E-state index in [0.29, 0.717) is 6.42 Å². The molecule has 6 heteroatoms. The molecule has 0 aromatic carbocycles. The zero-order valence-corrected chi connectivity index (χ0v) is 12.3. The van der Waals surface area contributed by atoms with E-state index in [0.717, 1.165) is 17.7 Å². The number of hydrogen-bond donors (Lipinski definition) is 2. The lowest BCUT2D eigenvalue weighted by Crippen LogP contribution is -2.41. The van der Waals surface area contributed by atoms with Crippen LogP contribution >= 0.6 is 12.4 Å². The number of rotatable bonds is 5. The van der Waals surface area contributed by atoms with Crippen molar-refractivity contribution in [2.75, 3.05) is 0 Å². The Bertz CT molecular complexity index is 391. The Morgan fingerprint density at radius 1 is 1.61 bits per heavy atom. The van der Waals surface area contributed by atoms with E-state index in [2.05, 4.69) is 10.4 Å². The summed E-state index contributed by atoms with van der Waals surface area (Å²) >= 11 is 0. The standard InChI is InChI=1S/C12H22N4O.ClH/c1-5-6-11(13)12(17)15-8(2)10-7-14-16(4)9(10)3;/h7-8,11H,5-6,13H2,1-4H3,(H,15,17);1H. The molecule has 0 radical (unpaired) electrons. The average molecular weight is 275 g/mol. The SMILES string of the molecule is CCCC(N)C(=O)NC(C)c1cnn(C)c1C.Cl. The highest BCUT2D eigenvalue weighted by Gasteiger charge is 2.18. The number of nitrogens with two attached hydrogens (primary N) is 1. The van der Waals surface area contributed by atoms with Gasteiger partial charge in [0.2, 0.25) is 5.91 Å². The Morgan fingerprint density at radius 3 is 2.67 bits per heavy atom. The van der Waals surface area contributed by atoms with E-state index >= 15 is 0 Å². The van der Waals surface area contributed by atoms with Crippen LogP contribution in [0.5, 0.6) is 0 Å². The van der Waals surface area contributed by atoms with Crippen molar-refractivity contribution in [2.24, 2.45) is 12.8 Å². The van der Waals surface area contributed by atoms with Gasteiger partial charge in [-0.3, -0.25) is 9.48 Å². The molecule has 0 aliphatic carbocycles. The molecular weight excluding hydrogens is 252 g/mol. The van der Waals surface area contributed by atoms with Gasteiger partial charge in [0.1, 0.15) is 0 Å². The largest absolute Gasteiger partial charge is 0.348 e. The van der Waals surface area contributed by atoms with Gasteiger partial charge in [0.25, 0.3) is 0 Å². The lowest BCUT2D eigenvalue weighted by molar-refractivity contribution is -0.123. The number of hydrogen-bond acceptors (Lipinski definition) is 3. The van der Waals surface area contributed by atoms with Crippen molar-refractivity contribution in [3.8, 4) is 0 Å². The predicted octanol–water partition coefficient (Wildman–Crippen LogP) is 1.45. The molecule has 0 spiro atoms. The summed E-state index contributed by atoms with van der Waals surface area (Å²) in [6.07, 6.45) is 3.41. The monoisotopic (exact) mass is 274 g/mol. The summed E-state index contributed by atoms with van der Waals surface area (Å²) in [5.74, 6) is -0.0948. The van der Waals surface area contributed by atoms with Gasteiger partial charge in [-0.05, 0) is 20.3 Å². The van der Waals surface area contributed by atoms with Gasteiger partial charge in [0, 0.05) is 18.3 Å². The van der Waals surface area contributed by atoms with Crippen LogP contribution in [0.1, 0.15) is 44.0 Å². The number of carbonyl (C=O) groups is 1. The summed E-state index contributed by atoms with van der Waals surface area (Å²) in [7, 11) is 1.89. The fourth-order valence-corrected chi connectivity index (χ4v) is 1.78. The molecule has 3 N–H and O–H groups in total. The molecule has 1 rings (SSSR count). The van der Waals surface area contributed by atoms with Crippen LogP contribution in [0.4, 0.5) is 0 Å². The van der Waals surface area contributed by atoms with Gasteiger partial charge >= 0.3 is 0 Å². The predicted molar refractivity (Wildman–Crippen MR) is 74.6 cm³/mol. The zero-order chi connectivity index (χ0) is 13.0. The van der Waals surface area contributed by atoms with E-state index in [-0.39, 0.29) is 24.4 Å². The average Bonchev–Trinajstić information content (AvgIpc) is 2.60. The first-order valence-electron chi connectivity index (χ1n) is 6.01. The molecule has 2 unspecified atom stereocenters. The van der Waals surface area contributed by atoms with Gasteiger partial charge in [-0.15, -0.1) is 12.4 Å². The van der Waals surface area contributed by atoms with Crippen LogP contribution < -0.4 is 11.1 Å². The lowest BCUT2D eigenvalue weighted by Gasteiger charge is -2.17. The third-order valence-corrected chi connectivity index (χ3v) is 3.03. The zero-order valence-electron chi connectivity index (χ0n) is 11.4. The minimum Gasteiger partial charge on any atom is -0.348 e. The molecule has 18 heavy (non-hydrogen) atoms. The van der Waals surface area contributed by atoms with E-state index in [4.69, 9.17) is 5.73 Å². The van der Waals surface area contributed by atoms with Gasteiger partial charge < -0.3 is 11.1 Å². The summed E-state index contributed by atoms with van der Waals surface area (Å²) in [6.45, 7) is 5.94. The van der Waals surface area contributed by atoms with Gasteiger partial charge in [-0.2, -0.15) is 5.10 Å². The summed E-state index contributed by atoms with van der Waals surface area (Å²) in [6, 6.07) is -0.474. The van der Waals surface area contributed by atoms with Crippen LogP contribution in [0.3, 0.4) is 0 Å². The van der Waals surface area contributed by atoms with E-state index in [9.17, 15) is 4.79 Å². The summed E-state index contributed by atoms with van der Waals surface area (Å²) in [5.41, 5.74) is 7.85. The quantitative estimate of drug-likeness (QED) is 0.854. The molecule has 1 heterocycles. The second-order valence-electron chi connectivity index (χ2n) is 4.43. The Balaban J connectivity index is 0.00000289. The second-order valence-corrected chi connectivity index (χ2v) is 4.43. The topological polar surface area (TPSA) is 72.9 Å². The molecular formula is C12H23ClN4O. The molecule has 1 aromatic heterocycles. The van der Waals surface area contributed by atoms with Crippen molar-refractivity contribution in [3.63, 3.8) is 0 Å². The fourth-order valence-electron chi connectivity index (χ4n) is 1.78. The molecule has 104 valence electrons. The van der Waals surface area contributed by atoms with Crippen molar-refractivity contribution < 1.29 is 4.79 Å². The second kappa shape index (κ2) is 7.38. The Labute approximate surface area is 115 Å². The molecule has 1 amide bonds. The Kier molecular flexibility index (Phi) is 6.94. The first kappa shape index (κ1) is 16.9. The number of carbonyl (C=O) groups excluding carboxylic acids is 1. The molecule has 0 saturated carbocycles. The maximum atomic E-state index is 11.8. The fraction of sp³-hybridized carbons (Fsp3) is 0.667. The van der Waals surface area contributed by atoms with Crippen LogP contribution in [-0.2, 0) is 11.8 Å². The summed E-state index contributed by atoms with van der Waals surface area (Å²) in [4.78, 5) is 11.8. The van der Waals surface area contributed by atoms with Crippen molar-refractivity contribution in [1.82, 2.24) is 15.1 Å². The van der Waals surface area contributed by atoms with Crippen LogP contribution in [0.25, 0.3) is 0 Å². The van der Waals surface area contributed by atoms with E-state index in [1.54, 1.807) is 10.9 Å². The maximum absolute atomic E-state index is 11.8. The van der Waals surface area contributed by atoms with Crippen molar-refractivity contribution >= 4 is 18.3 Å². The van der Waals surface area contributed by atoms with Crippen molar-refractivity contribution in [1.29, 1.82) is 0 Å².